The minimum absolute atomic E-state index is 0.0517. The van der Waals surface area contributed by atoms with Crippen LogP contribution in [0.3, 0.4) is 0 Å². The normalized spacial score (nSPS) is 13.5. The van der Waals surface area contributed by atoms with Gasteiger partial charge in [-0.2, -0.15) is 5.10 Å². The second-order valence-corrected chi connectivity index (χ2v) is 5.41. The van der Waals surface area contributed by atoms with Gasteiger partial charge in [-0.25, -0.2) is 0 Å². The SMILES string of the molecule is CC(CO)CNC(=O)c1cc(C(C)(C)C)[nH]n1. The van der Waals surface area contributed by atoms with Crippen LogP contribution in [0.2, 0.25) is 0 Å². The fourth-order valence-electron chi connectivity index (χ4n) is 1.24. The van der Waals surface area contributed by atoms with E-state index in [1.165, 1.54) is 0 Å². The number of rotatable bonds is 4. The molecule has 96 valence electrons. The summed E-state index contributed by atoms with van der Waals surface area (Å²) >= 11 is 0. The molecule has 0 spiro atoms. The Morgan fingerprint density at radius 3 is 2.71 bits per heavy atom. The van der Waals surface area contributed by atoms with E-state index in [9.17, 15) is 4.79 Å². The van der Waals surface area contributed by atoms with Gasteiger partial charge in [0.1, 0.15) is 5.69 Å². The minimum Gasteiger partial charge on any atom is -0.396 e. The first-order valence-corrected chi connectivity index (χ1v) is 5.79. The fourth-order valence-corrected chi connectivity index (χ4v) is 1.24. The molecular weight excluding hydrogens is 218 g/mol. The Kier molecular flexibility index (Phi) is 4.28. The van der Waals surface area contributed by atoms with Crippen LogP contribution in [-0.4, -0.2) is 34.4 Å². The number of aromatic amines is 1. The van der Waals surface area contributed by atoms with Crippen molar-refractivity contribution in [2.75, 3.05) is 13.2 Å². The lowest BCUT2D eigenvalue weighted by atomic mass is 9.92. The zero-order valence-electron chi connectivity index (χ0n) is 10.9. The lowest BCUT2D eigenvalue weighted by Crippen LogP contribution is -2.29. The van der Waals surface area contributed by atoms with Crippen molar-refractivity contribution in [2.45, 2.75) is 33.1 Å². The van der Waals surface area contributed by atoms with Gasteiger partial charge in [0.2, 0.25) is 0 Å². The molecule has 0 aliphatic heterocycles. The van der Waals surface area contributed by atoms with Gasteiger partial charge in [0.05, 0.1) is 0 Å². The van der Waals surface area contributed by atoms with Gasteiger partial charge >= 0.3 is 0 Å². The van der Waals surface area contributed by atoms with Crippen LogP contribution < -0.4 is 5.32 Å². The van der Waals surface area contributed by atoms with Crippen LogP contribution in [0.5, 0.6) is 0 Å². The summed E-state index contributed by atoms with van der Waals surface area (Å²) in [7, 11) is 0. The van der Waals surface area contributed by atoms with Gasteiger partial charge in [0.15, 0.2) is 0 Å². The van der Waals surface area contributed by atoms with E-state index in [1.807, 2.05) is 6.92 Å². The topological polar surface area (TPSA) is 78.0 Å². The number of aliphatic hydroxyl groups is 1. The Morgan fingerprint density at radius 1 is 1.59 bits per heavy atom. The molecule has 0 radical (unpaired) electrons. The number of carbonyl (C=O) groups is 1. The van der Waals surface area contributed by atoms with E-state index >= 15 is 0 Å². The number of nitrogens with one attached hydrogen (secondary N) is 2. The van der Waals surface area contributed by atoms with Gasteiger partial charge < -0.3 is 10.4 Å². The molecule has 1 aromatic rings. The standard InChI is InChI=1S/C12H21N3O2/c1-8(7-16)6-13-11(17)9-5-10(15-14-9)12(2,3)4/h5,8,16H,6-7H2,1-4H3,(H,13,17)(H,14,15). The van der Waals surface area contributed by atoms with Crippen molar-refractivity contribution < 1.29 is 9.90 Å². The Morgan fingerprint density at radius 2 is 2.24 bits per heavy atom. The third kappa shape index (κ3) is 3.85. The molecule has 0 aliphatic rings. The first-order valence-electron chi connectivity index (χ1n) is 5.79. The van der Waals surface area contributed by atoms with Crippen molar-refractivity contribution in [1.82, 2.24) is 15.5 Å². The quantitative estimate of drug-likeness (QED) is 0.735. The van der Waals surface area contributed by atoms with Gasteiger partial charge in [0.25, 0.3) is 5.91 Å². The Labute approximate surface area is 102 Å². The van der Waals surface area contributed by atoms with Crippen LogP contribution in [-0.2, 0) is 5.41 Å². The molecule has 0 aromatic carbocycles. The van der Waals surface area contributed by atoms with Crippen LogP contribution in [0, 0.1) is 5.92 Å². The molecule has 1 aromatic heterocycles. The van der Waals surface area contributed by atoms with E-state index < -0.39 is 0 Å². The molecule has 1 rings (SSSR count). The Bertz CT molecular complexity index is 379. The maximum atomic E-state index is 11.7. The molecule has 0 saturated carbocycles. The molecule has 0 saturated heterocycles. The van der Waals surface area contributed by atoms with Crippen molar-refractivity contribution in [1.29, 1.82) is 0 Å². The molecule has 1 atom stereocenters. The van der Waals surface area contributed by atoms with Crippen molar-refractivity contribution in [2.24, 2.45) is 5.92 Å². The van der Waals surface area contributed by atoms with Gasteiger partial charge in [-0.15, -0.1) is 0 Å². The largest absolute Gasteiger partial charge is 0.396 e. The van der Waals surface area contributed by atoms with E-state index in [0.717, 1.165) is 5.69 Å². The number of nitrogens with zero attached hydrogens (tertiary/aromatic N) is 1. The molecule has 0 bridgehead atoms. The van der Waals surface area contributed by atoms with Crippen LogP contribution >= 0.6 is 0 Å². The number of hydrogen-bond acceptors (Lipinski definition) is 3. The molecule has 5 heteroatoms. The zero-order valence-corrected chi connectivity index (χ0v) is 10.9. The highest BCUT2D eigenvalue weighted by molar-refractivity contribution is 5.92. The predicted molar refractivity (Wildman–Crippen MR) is 65.9 cm³/mol. The highest BCUT2D eigenvalue weighted by Crippen LogP contribution is 2.20. The Balaban J connectivity index is 2.61. The summed E-state index contributed by atoms with van der Waals surface area (Å²) in [4.78, 5) is 11.7. The predicted octanol–water partition coefficient (Wildman–Crippen LogP) is 1.07. The number of H-pyrrole nitrogens is 1. The molecule has 3 N–H and O–H groups in total. The summed E-state index contributed by atoms with van der Waals surface area (Å²) in [6.45, 7) is 8.54. The number of carbonyl (C=O) groups excluding carboxylic acids is 1. The average Bonchev–Trinajstić information content (AvgIpc) is 2.74. The summed E-state index contributed by atoms with van der Waals surface area (Å²) in [6, 6.07) is 1.76. The molecular formula is C12H21N3O2. The van der Waals surface area contributed by atoms with Crippen molar-refractivity contribution in [3.05, 3.63) is 17.5 Å². The van der Waals surface area contributed by atoms with E-state index in [-0.39, 0.29) is 23.8 Å². The van der Waals surface area contributed by atoms with Gasteiger partial charge in [-0.05, 0) is 12.0 Å². The van der Waals surface area contributed by atoms with Gasteiger partial charge in [-0.3, -0.25) is 9.89 Å². The molecule has 17 heavy (non-hydrogen) atoms. The maximum absolute atomic E-state index is 11.7. The summed E-state index contributed by atoms with van der Waals surface area (Å²) in [5.41, 5.74) is 1.27. The molecule has 0 fully saturated rings. The highest BCUT2D eigenvalue weighted by Gasteiger charge is 2.19. The third-order valence-corrected chi connectivity index (χ3v) is 2.54. The maximum Gasteiger partial charge on any atom is 0.271 e. The van der Waals surface area contributed by atoms with Crippen LogP contribution in [0.25, 0.3) is 0 Å². The van der Waals surface area contributed by atoms with Crippen LogP contribution in [0.1, 0.15) is 43.9 Å². The van der Waals surface area contributed by atoms with E-state index in [2.05, 4.69) is 36.3 Å². The summed E-state index contributed by atoms with van der Waals surface area (Å²) in [5.74, 6) is -0.156. The molecule has 0 aliphatic carbocycles. The molecule has 1 unspecified atom stereocenters. The monoisotopic (exact) mass is 239 g/mol. The van der Waals surface area contributed by atoms with E-state index in [1.54, 1.807) is 6.07 Å². The number of amides is 1. The van der Waals surface area contributed by atoms with Crippen molar-refractivity contribution in [3.8, 4) is 0 Å². The number of aromatic nitrogens is 2. The van der Waals surface area contributed by atoms with Crippen molar-refractivity contribution in [3.63, 3.8) is 0 Å². The summed E-state index contributed by atoms with van der Waals surface area (Å²) in [5, 5.41) is 18.4. The average molecular weight is 239 g/mol. The second-order valence-electron chi connectivity index (χ2n) is 5.41. The zero-order chi connectivity index (χ0) is 13.1. The number of hydrogen-bond donors (Lipinski definition) is 3. The molecule has 5 nitrogen and oxygen atoms in total. The summed E-state index contributed by atoms with van der Waals surface area (Å²) in [6.07, 6.45) is 0. The van der Waals surface area contributed by atoms with Crippen LogP contribution in [0.15, 0.2) is 6.07 Å². The molecule has 1 amide bonds. The van der Waals surface area contributed by atoms with E-state index in [0.29, 0.717) is 12.2 Å². The summed E-state index contributed by atoms with van der Waals surface area (Å²) < 4.78 is 0. The number of aliphatic hydroxyl groups excluding tert-OH is 1. The first kappa shape index (κ1) is 13.7. The lowest BCUT2D eigenvalue weighted by Gasteiger charge is -2.14. The Hall–Kier alpha value is -1.36. The third-order valence-electron chi connectivity index (χ3n) is 2.54. The highest BCUT2D eigenvalue weighted by atomic mass is 16.3. The van der Waals surface area contributed by atoms with Crippen LogP contribution in [0.4, 0.5) is 0 Å². The lowest BCUT2D eigenvalue weighted by molar-refractivity contribution is 0.0937. The van der Waals surface area contributed by atoms with Gasteiger partial charge in [-0.1, -0.05) is 27.7 Å². The van der Waals surface area contributed by atoms with E-state index in [4.69, 9.17) is 5.11 Å². The molecule has 1 heterocycles. The van der Waals surface area contributed by atoms with Crippen molar-refractivity contribution >= 4 is 5.91 Å². The first-order chi connectivity index (χ1) is 7.84. The van der Waals surface area contributed by atoms with Gasteiger partial charge in [0, 0.05) is 24.3 Å². The second kappa shape index (κ2) is 5.31. The smallest absolute Gasteiger partial charge is 0.271 e. The fraction of sp³-hybridized carbons (Fsp3) is 0.667. The minimum atomic E-state index is -0.211.